The van der Waals surface area contributed by atoms with E-state index in [0.29, 0.717) is 17.7 Å². The minimum Gasteiger partial charge on any atom is -0.480 e. The van der Waals surface area contributed by atoms with Crippen LogP contribution in [0, 0.1) is 6.92 Å². The summed E-state index contributed by atoms with van der Waals surface area (Å²) in [5.74, 6) is -0.739. The minimum atomic E-state index is -1.02. The standard InChI is InChI=1S/C12H16N2O3S/c1-8-3-4-9(7-13-8)11(15)14-10(12(16)17)5-6-18-2/h3-4,7,10H,5-6H2,1-2H3,(H,14,15)(H,16,17)/t10-/m0/s1. The fourth-order valence-corrected chi connectivity index (χ4v) is 1.81. The van der Waals surface area contributed by atoms with Crippen molar-refractivity contribution in [1.82, 2.24) is 10.3 Å². The first-order valence-electron chi connectivity index (χ1n) is 5.50. The predicted molar refractivity (Wildman–Crippen MR) is 70.9 cm³/mol. The van der Waals surface area contributed by atoms with E-state index in [1.807, 2.05) is 13.2 Å². The highest BCUT2D eigenvalue weighted by Crippen LogP contribution is 2.04. The third-order valence-corrected chi connectivity index (χ3v) is 3.03. The summed E-state index contributed by atoms with van der Waals surface area (Å²) in [6.07, 6.45) is 3.74. The summed E-state index contributed by atoms with van der Waals surface area (Å²) in [4.78, 5) is 26.8. The second kappa shape index (κ2) is 7.00. The van der Waals surface area contributed by atoms with Crippen LogP contribution in [-0.4, -0.2) is 40.0 Å². The summed E-state index contributed by atoms with van der Waals surface area (Å²) in [5.41, 5.74) is 1.18. The Morgan fingerprint density at radius 1 is 1.50 bits per heavy atom. The van der Waals surface area contributed by atoms with Gasteiger partial charge in [0.25, 0.3) is 5.91 Å². The summed E-state index contributed by atoms with van der Waals surface area (Å²) in [6.45, 7) is 1.82. The molecule has 0 spiro atoms. The van der Waals surface area contributed by atoms with E-state index in [-0.39, 0.29) is 0 Å². The number of carbonyl (C=O) groups is 2. The van der Waals surface area contributed by atoms with Gasteiger partial charge in [0.1, 0.15) is 6.04 Å². The Balaban J connectivity index is 2.66. The lowest BCUT2D eigenvalue weighted by Crippen LogP contribution is -2.41. The van der Waals surface area contributed by atoms with Gasteiger partial charge in [0.2, 0.25) is 0 Å². The molecule has 1 aromatic rings. The van der Waals surface area contributed by atoms with Crippen molar-refractivity contribution in [2.75, 3.05) is 12.0 Å². The van der Waals surface area contributed by atoms with Crippen molar-refractivity contribution in [1.29, 1.82) is 0 Å². The van der Waals surface area contributed by atoms with Crippen LogP contribution in [0.25, 0.3) is 0 Å². The molecule has 1 atom stereocenters. The SMILES string of the molecule is CSCC[C@H](NC(=O)c1ccc(C)nc1)C(=O)O. The van der Waals surface area contributed by atoms with Gasteiger partial charge in [-0.05, 0) is 37.5 Å². The molecule has 0 saturated carbocycles. The molecule has 1 aromatic heterocycles. The van der Waals surface area contributed by atoms with E-state index >= 15 is 0 Å². The van der Waals surface area contributed by atoms with Crippen LogP contribution >= 0.6 is 11.8 Å². The maximum absolute atomic E-state index is 11.8. The number of aryl methyl sites for hydroxylation is 1. The molecule has 0 aromatic carbocycles. The molecule has 1 amide bonds. The van der Waals surface area contributed by atoms with E-state index in [1.54, 1.807) is 23.9 Å². The molecular formula is C12H16N2O3S. The first-order valence-corrected chi connectivity index (χ1v) is 6.89. The number of nitrogens with zero attached hydrogens (tertiary/aromatic N) is 1. The van der Waals surface area contributed by atoms with E-state index in [4.69, 9.17) is 5.11 Å². The lowest BCUT2D eigenvalue weighted by Gasteiger charge is -2.13. The normalized spacial score (nSPS) is 11.9. The predicted octanol–water partition coefficient (Wildman–Crippen LogP) is 1.33. The Labute approximate surface area is 110 Å². The first kappa shape index (κ1) is 14.5. The second-order valence-corrected chi connectivity index (χ2v) is 4.82. The van der Waals surface area contributed by atoms with Crippen LogP contribution in [0.4, 0.5) is 0 Å². The van der Waals surface area contributed by atoms with Crippen LogP contribution in [0.3, 0.4) is 0 Å². The van der Waals surface area contributed by atoms with E-state index in [9.17, 15) is 9.59 Å². The summed E-state index contributed by atoms with van der Waals surface area (Å²) >= 11 is 1.55. The smallest absolute Gasteiger partial charge is 0.326 e. The molecule has 98 valence electrons. The van der Waals surface area contributed by atoms with Gasteiger partial charge < -0.3 is 10.4 Å². The average molecular weight is 268 g/mol. The zero-order valence-corrected chi connectivity index (χ0v) is 11.2. The van der Waals surface area contributed by atoms with Crippen LogP contribution < -0.4 is 5.32 Å². The number of hydrogen-bond donors (Lipinski definition) is 2. The van der Waals surface area contributed by atoms with Gasteiger partial charge in [-0.25, -0.2) is 4.79 Å². The largest absolute Gasteiger partial charge is 0.480 e. The van der Waals surface area contributed by atoms with Gasteiger partial charge in [0.05, 0.1) is 5.56 Å². The van der Waals surface area contributed by atoms with Gasteiger partial charge in [-0.1, -0.05) is 0 Å². The number of carbonyl (C=O) groups excluding carboxylic acids is 1. The highest BCUT2D eigenvalue weighted by molar-refractivity contribution is 7.98. The van der Waals surface area contributed by atoms with Crippen LogP contribution in [-0.2, 0) is 4.79 Å². The van der Waals surface area contributed by atoms with Gasteiger partial charge in [-0.2, -0.15) is 11.8 Å². The summed E-state index contributed by atoms with van der Waals surface area (Å²) in [5, 5.41) is 11.5. The molecule has 0 aliphatic carbocycles. The number of aliphatic carboxylic acids is 1. The van der Waals surface area contributed by atoms with E-state index in [0.717, 1.165) is 5.69 Å². The number of aromatic nitrogens is 1. The Hall–Kier alpha value is -1.56. The zero-order valence-electron chi connectivity index (χ0n) is 10.3. The number of amides is 1. The molecule has 0 fully saturated rings. The maximum Gasteiger partial charge on any atom is 0.326 e. The molecule has 0 aliphatic rings. The third-order valence-electron chi connectivity index (χ3n) is 2.39. The minimum absolute atomic E-state index is 0.371. The van der Waals surface area contributed by atoms with Crippen molar-refractivity contribution in [3.05, 3.63) is 29.6 Å². The lowest BCUT2D eigenvalue weighted by atomic mass is 10.2. The molecule has 18 heavy (non-hydrogen) atoms. The van der Waals surface area contributed by atoms with Gasteiger partial charge in [-0.15, -0.1) is 0 Å². The fourth-order valence-electron chi connectivity index (χ4n) is 1.34. The Kier molecular flexibility index (Phi) is 5.64. The number of pyridine rings is 1. The molecule has 2 N–H and O–H groups in total. The van der Waals surface area contributed by atoms with Crippen molar-refractivity contribution < 1.29 is 14.7 Å². The van der Waals surface area contributed by atoms with Crippen LogP contribution in [0.2, 0.25) is 0 Å². The Bertz CT molecular complexity index is 420. The first-order chi connectivity index (χ1) is 8.54. The molecule has 1 rings (SSSR count). The van der Waals surface area contributed by atoms with Crippen LogP contribution in [0.5, 0.6) is 0 Å². The summed E-state index contributed by atoms with van der Waals surface area (Å²) < 4.78 is 0. The summed E-state index contributed by atoms with van der Waals surface area (Å²) in [6, 6.07) is 2.49. The monoisotopic (exact) mass is 268 g/mol. The molecule has 0 saturated heterocycles. The van der Waals surface area contributed by atoms with E-state index in [1.165, 1.54) is 6.20 Å². The molecule has 6 heteroatoms. The summed E-state index contributed by atoms with van der Waals surface area (Å²) in [7, 11) is 0. The molecule has 0 radical (unpaired) electrons. The van der Waals surface area contributed by atoms with Crippen molar-refractivity contribution in [2.45, 2.75) is 19.4 Å². The molecular weight excluding hydrogens is 252 g/mol. The topological polar surface area (TPSA) is 79.3 Å². The molecule has 5 nitrogen and oxygen atoms in total. The Morgan fingerprint density at radius 3 is 2.72 bits per heavy atom. The maximum atomic E-state index is 11.8. The third kappa shape index (κ3) is 4.37. The second-order valence-electron chi connectivity index (χ2n) is 3.83. The molecule has 0 unspecified atom stereocenters. The van der Waals surface area contributed by atoms with E-state index in [2.05, 4.69) is 10.3 Å². The van der Waals surface area contributed by atoms with Crippen molar-refractivity contribution in [3.8, 4) is 0 Å². The highest BCUT2D eigenvalue weighted by Gasteiger charge is 2.20. The number of rotatable bonds is 6. The van der Waals surface area contributed by atoms with Crippen molar-refractivity contribution in [3.63, 3.8) is 0 Å². The molecule has 1 heterocycles. The van der Waals surface area contributed by atoms with Gasteiger partial charge in [0, 0.05) is 11.9 Å². The number of hydrogen-bond acceptors (Lipinski definition) is 4. The van der Waals surface area contributed by atoms with Gasteiger partial charge in [-0.3, -0.25) is 9.78 Å². The fraction of sp³-hybridized carbons (Fsp3) is 0.417. The van der Waals surface area contributed by atoms with Gasteiger partial charge in [0.15, 0.2) is 0 Å². The highest BCUT2D eigenvalue weighted by atomic mass is 32.2. The molecule has 0 aliphatic heterocycles. The van der Waals surface area contributed by atoms with Crippen molar-refractivity contribution >= 4 is 23.6 Å². The van der Waals surface area contributed by atoms with E-state index < -0.39 is 17.9 Å². The number of carboxylic acid groups (broad SMARTS) is 1. The average Bonchev–Trinajstić information content (AvgIpc) is 2.34. The number of carboxylic acids is 1. The van der Waals surface area contributed by atoms with Crippen molar-refractivity contribution in [2.24, 2.45) is 0 Å². The number of nitrogens with one attached hydrogen (secondary N) is 1. The number of thioether (sulfide) groups is 1. The Morgan fingerprint density at radius 2 is 2.22 bits per heavy atom. The molecule has 0 bridgehead atoms. The van der Waals surface area contributed by atoms with Crippen LogP contribution in [0.15, 0.2) is 18.3 Å². The van der Waals surface area contributed by atoms with Gasteiger partial charge >= 0.3 is 5.97 Å². The zero-order chi connectivity index (χ0) is 13.5. The lowest BCUT2D eigenvalue weighted by molar-refractivity contribution is -0.139. The quantitative estimate of drug-likeness (QED) is 0.813. The van der Waals surface area contributed by atoms with Crippen LogP contribution in [0.1, 0.15) is 22.5 Å².